The molecule has 2 N–H and O–H groups in total. The monoisotopic (exact) mass is 401 g/mol. The fourth-order valence-electron chi connectivity index (χ4n) is 3.30. The Bertz CT molecular complexity index is 752. The molecule has 28 heavy (non-hydrogen) atoms. The number of aryl methyl sites for hydroxylation is 1. The van der Waals surface area contributed by atoms with E-state index in [4.69, 9.17) is 0 Å². The van der Waals surface area contributed by atoms with Gasteiger partial charge < -0.3 is 15.1 Å². The van der Waals surface area contributed by atoms with Crippen molar-refractivity contribution >= 4 is 22.5 Å². The lowest BCUT2D eigenvalue weighted by Gasteiger charge is -2.33. The van der Waals surface area contributed by atoms with Crippen molar-refractivity contribution in [2.45, 2.75) is 20.3 Å². The Kier molecular flexibility index (Phi) is 7.42. The second kappa shape index (κ2) is 10.0. The Hall–Kier alpha value is -1.96. The highest BCUT2D eigenvalue weighted by molar-refractivity contribution is 7.15. The van der Waals surface area contributed by atoms with E-state index in [1.165, 1.54) is 22.5 Å². The number of carbonyl (C=O) groups is 1. The smallest absolute Gasteiger partial charge is 0.321 e. The average molecular weight is 402 g/mol. The van der Waals surface area contributed by atoms with Gasteiger partial charge in [-0.25, -0.2) is 9.78 Å². The molecule has 2 amide bonds. The van der Waals surface area contributed by atoms with Crippen LogP contribution < -0.4 is 10.6 Å². The number of hydrogen-bond acceptors (Lipinski definition) is 5. The van der Waals surface area contributed by atoms with Crippen LogP contribution in [0.4, 0.5) is 9.93 Å². The number of amides is 2. The van der Waals surface area contributed by atoms with Crippen molar-refractivity contribution in [3.63, 3.8) is 0 Å². The Morgan fingerprint density at radius 3 is 2.64 bits per heavy atom. The van der Waals surface area contributed by atoms with Crippen LogP contribution in [0.5, 0.6) is 0 Å². The third-order valence-electron chi connectivity index (χ3n) is 5.05. The highest BCUT2D eigenvalue weighted by Crippen LogP contribution is 2.21. The standard InChI is InChI=1S/C21H31N5OS/c1-16-4-6-18(7-5-16)12-19-14-23-21(28-19)24-20(27)22-13-17(2)15-26-10-8-25(3)9-11-26/h4-7,14,17H,8-13,15H2,1-3H3,(H2,22,23,24,27). The topological polar surface area (TPSA) is 60.5 Å². The van der Waals surface area contributed by atoms with E-state index in [2.05, 4.69) is 70.6 Å². The number of benzene rings is 1. The van der Waals surface area contributed by atoms with E-state index in [0.29, 0.717) is 17.6 Å². The summed E-state index contributed by atoms with van der Waals surface area (Å²) in [6.07, 6.45) is 2.68. The zero-order valence-electron chi connectivity index (χ0n) is 17.1. The van der Waals surface area contributed by atoms with Crippen molar-refractivity contribution in [3.8, 4) is 0 Å². The molecule has 6 nitrogen and oxygen atoms in total. The van der Waals surface area contributed by atoms with Gasteiger partial charge in [-0.1, -0.05) is 36.8 Å². The van der Waals surface area contributed by atoms with Gasteiger partial charge in [0.05, 0.1) is 0 Å². The van der Waals surface area contributed by atoms with E-state index >= 15 is 0 Å². The summed E-state index contributed by atoms with van der Waals surface area (Å²) in [6.45, 7) is 10.4. The van der Waals surface area contributed by atoms with Crippen molar-refractivity contribution in [1.82, 2.24) is 20.1 Å². The molecule has 2 aromatic rings. The second-order valence-corrected chi connectivity index (χ2v) is 8.95. The number of likely N-dealkylation sites (N-methyl/N-ethyl adjacent to an activating group) is 1. The summed E-state index contributed by atoms with van der Waals surface area (Å²) in [5.41, 5.74) is 2.51. The quantitative estimate of drug-likeness (QED) is 0.749. The van der Waals surface area contributed by atoms with Gasteiger partial charge in [0.1, 0.15) is 0 Å². The molecule has 1 unspecified atom stereocenters. The van der Waals surface area contributed by atoms with E-state index in [9.17, 15) is 4.79 Å². The molecule has 152 valence electrons. The second-order valence-electron chi connectivity index (χ2n) is 7.84. The normalized spacial score (nSPS) is 16.7. The van der Waals surface area contributed by atoms with Gasteiger partial charge >= 0.3 is 6.03 Å². The molecule has 1 aromatic carbocycles. The number of nitrogens with zero attached hydrogens (tertiary/aromatic N) is 3. The summed E-state index contributed by atoms with van der Waals surface area (Å²) >= 11 is 1.53. The number of rotatable bonds is 7. The van der Waals surface area contributed by atoms with Crippen LogP contribution in [0.2, 0.25) is 0 Å². The number of thiazole rings is 1. The Balaban J connectivity index is 1.38. The summed E-state index contributed by atoms with van der Waals surface area (Å²) in [7, 11) is 2.16. The summed E-state index contributed by atoms with van der Waals surface area (Å²) in [4.78, 5) is 22.5. The van der Waals surface area contributed by atoms with Crippen LogP contribution in [-0.4, -0.2) is 67.1 Å². The maximum atomic E-state index is 12.2. The Morgan fingerprint density at radius 1 is 1.21 bits per heavy atom. The lowest BCUT2D eigenvalue weighted by atomic mass is 10.1. The molecule has 1 aliphatic heterocycles. The van der Waals surface area contributed by atoms with Gasteiger partial charge in [0.2, 0.25) is 0 Å². The minimum absolute atomic E-state index is 0.179. The molecule has 1 aromatic heterocycles. The predicted octanol–water partition coefficient (Wildman–Crippen LogP) is 3.05. The molecule has 0 saturated carbocycles. The number of aromatic nitrogens is 1. The molecule has 0 bridgehead atoms. The first-order chi connectivity index (χ1) is 13.5. The Labute approximate surface area is 172 Å². The van der Waals surface area contributed by atoms with Crippen LogP contribution in [-0.2, 0) is 6.42 Å². The molecule has 2 heterocycles. The van der Waals surface area contributed by atoms with Crippen molar-refractivity contribution in [3.05, 3.63) is 46.5 Å². The highest BCUT2D eigenvalue weighted by atomic mass is 32.1. The number of piperazine rings is 1. The van der Waals surface area contributed by atoms with Gasteiger partial charge in [-0.2, -0.15) is 0 Å². The fourth-order valence-corrected chi connectivity index (χ4v) is 4.14. The molecule has 1 atom stereocenters. The van der Waals surface area contributed by atoms with Crippen molar-refractivity contribution in [2.75, 3.05) is 51.6 Å². The van der Waals surface area contributed by atoms with E-state index < -0.39 is 0 Å². The molecular weight excluding hydrogens is 370 g/mol. The van der Waals surface area contributed by atoms with Crippen molar-refractivity contribution < 1.29 is 4.79 Å². The molecule has 1 aliphatic rings. The largest absolute Gasteiger partial charge is 0.337 e. The van der Waals surface area contributed by atoms with E-state index in [-0.39, 0.29) is 6.03 Å². The highest BCUT2D eigenvalue weighted by Gasteiger charge is 2.16. The molecule has 7 heteroatoms. The van der Waals surface area contributed by atoms with Gasteiger partial charge in [-0.15, -0.1) is 11.3 Å². The fraction of sp³-hybridized carbons (Fsp3) is 0.524. The van der Waals surface area contributed by atoms with Crippen LogP contribution in [0.25, 0.3) is 0 Å². The average Bonchev–Trinajstić information content (AvgIpc) is 3.10. The van der Waals surface area contributed by atoms with E-state index in [1.807, 2.05) is 6.20 Å². The lowest BCUT2D eigenvalue weighted by molar-refractivity contribution is 0.138. The minimum atomic E-state index is -0.179. The number of urea groups is 1. The molecule has 0 radical (unpaired) electrons. The zero-order chi connectivity index (χ0) is 19.9. The van der Waals surface area contributed by atoms with E-state index in [1.54, 1.807) is 0 Å². The summed E-state index contributed by atoms with van der Waals surface area (Å²) in [6, 6.07) is 8.33. The van der Waals surface area contributed by atoms with Crippen LogP contribution in [0, 0.1) is 12.8 Å². The molecule has 0 spiro atoms. The van der Waals surface area contributed by atoms with Gasteiger partial charge in [-0.3, -0.25) is 5.32 Å². The predicted molar refractivity (Wildman–Crippen MR) is 116 cm³/mol. The molecule has 1 fully saturated rings. The SMILES string of the molecule is Cc1ccc(Cc2cnc(NC(=O)NCC(C)CN3CCN(C)CC3)s2)cc1. The minimum Gasteiger partial charge on any atom is -0.337 e. The summed E-state index contributed by atoms with van der Waals surface area (Å²) in [5.74, 6) is 0.419. The van der Waals surface area contributed by atoms with Crippen LogP contribution in [0.15, 0.2) is 30.5 Å². The van der Waals surface area contributed by atoms with Crippen LogP contribution in [0.3, 0.4) is 0 Å². The molecular formula is C21H31N5OS. The first kappa shape index (κ1) is 20.8. The number of anilines is 1. The first-order valence-corrected chi connectivity index (χ1v) is 10.8. The van der Waals surface area contributed by atoms with E-state index in [0.717, 1.165) is 44.0 Å². The zero-order valence-corrected chi connectivity index (χ0v) is 17.9. The maximum Gasteiger partial charge on any atom is 0.321 e. The molecule has 1 saturated heterocycles. The number of hydrogen-bond donors (Lipinski definition) is 2. The van der Waals surface area contributed by atoms with Gasteiger partial charge in [0.15, 0.2) is 5.13 Å². The van der Waals surface area contributed by atoms with Crippen molar-refractivity contribution in [2.24, 2.45) is 5.92 Å². The lowest BCUT2D eigenvalue weighted by Crippen LogP contribution is -2.47. The van der Waals surface area contributed by atoms with Gasteiger partial charge in [-0.05, 0) is 25.5 Å². The third kappa shape index (κ3) is 6.58. The number of carbonyl (C=O) groups excluding carboxylic acids is 1. The molecule has 0 aliphatic carbocycles. The molecule has 3 rings (SSSR count). The van der Waals surface area contributed by atoms with Crippen LogP contribution >= 0.6 is 11.3 Å². The first-order valence-electron chi connectivity index (χ1n) is 9.94. The van der Waals surface area contributed by atoms with Crippen LogP contribution in [0.1, 0.15) is 22.9 Å². The summed E-state index contributed by atoms with van der Waals surface area (Å²) in [5, 5.41) is 6.48. The van der Waals surface area contributed by atoms with Gasteiger partial charge in [0, 0.05) is 56.8 Å². The Morgan fingerprint density at radius 2 is 1.93 bits per heavy atom. The maximum absolute atomic E-state index is 12.2. The summed E-state index contributed by atoms with van der Waals surface area (Å²) < 4.78 is 0. The van der Waals surface area contributed by atoms with Crippen molar-refractivity contribution in [1.29, 1.82) is 0 Å². The van der Waals surface area contributed by atoms with Gasteiger partial charge in [0.25, 0.3) is 0 Å². The number of nitrogens with one attached hydrogen (secondary N) is 2. The third-order valence-corrected chi connectivity index (χ3v) is 5.96.